The molecule has 1 heterocycles. The molecular formula is C21H32N4O. The summed E-state index contributed by atoms with van der Waals surface area (Å²) in [5, 5.41) is 3.16. The first kappa shape index (κ1) is 17.8. The number of carbonyl (C=O) groups excluding carboxylic acids is 1. The van der Waals surface area contributed by atoms with Crippen LogP contribution < -0.4 is 16.0 Å². The number of piperazine rings is 1. The molecule has 142 valence electrons. The summed E-state index contributed by atoms with van der Waals surface area (Å²) >= 11 is 0. The molecule has 2 aliphatic carbocycles. The van der Waals surface area contributed by atoms with Gasteiger partial charge >= 0.3 is 0 Å². The minimum Gasteiger partial charge on any atom is -0.369 e. The normalized spacial score (nSPS) is 31.3. The van der Waals surface area contributed by atoms with Crippen molar-refractivity contribution >= 4 is 11.6 Å². The summed E-state index contributed by atoms with van der Waals surface area (Å²) in [5.41, 5.74) is 7.59. The first-order valence-corrected chi connectivity index (χ1v) is 10.3. The van der Waals surface area contributed by atoms with Crippen molar-refractivity contribution in [2.45, 2.75) is 31.7 Å². The maximum absolute atomic E-state index is 12.5. The van der Waals surface area contributed by atoms with E-state index in [9.17, 15) is 4.79 Å². The Kier molecular flexibility index (Phi) is 5.46. The Hall–Kier alpha value is -1.59. The number of hydrogen-bond acceptors (Lipinski definition) is 4. The summed E-state index contributed by atoms with van der Waals surface area (Å²) in [5.74, 6) is 1.42. The van der Waals surface area contributed by atoms with Crippen LogP contribution in [0.15, 0.2) is 30.3 Å². The van der Waals surface area contributed by atoms with E-state index in [0.29, 0.717) is 11.8 Å². The molecule has 0 radical (unpaired) electrons. The summed E-state index contributed by atoms with van der Waals surface area (Å²) in [4.78, 5) is 17.4. The fourth-order valence-corrected chi connectivity index (χ4v) is 5.23. The van der Waals surface area contributed by atoms with Gasteiger partial charge in [0.05, 0.1) is 5.92 Å². The molecule has 3 aliphatic rings. The molecule has 5 nitrogen and oxygen atoms in total. The first-order chi connectivity index (χ1) is 12.7. The maximum atomic E-state index is 12.5. The van der Waals surface area contributed by atoms with Crippen molar-refractivity contribution in [2.75, 3.05) is 44.2 Å². The monoisotopic (exact) mass is 356 g/mol. The van der Waals surface area contributed by atoms with Crippen molar-refractivity contribution in [1.82, 2.24) is 10.2 Å². The Morgan fingerprint density at radius 2 is 1.81 bits per heavy atom. The van der Waals surface area contributed by atoms with Gasteiger partial charge in [-0.1, -0.05) is 18.2 Å². The van der Waals surface area contributed by atoms with Crippen LogP contribution in [0.2, 0.25) is 0 Å². The van der Waals surface area contributed by atoms with E-state index in [1.165, 1.54) is 24.9 Å². The lowest BCUT2D eigenvalue weighted by molar-refractivity contribution is -0.127. The predicted octanol–water partition coefficient (Wildman–Crippen LogP) is 1.69. The zero-order valence-electron chi connectivity index (χ0n) is 15.6. The van der Waals surface area contributed by atoms with Crippen LogP contribution in [0.25, 0.3) is 0 Å². The molecule has 4 atom stereocenters. The van der Waals surface area contributed by atoms with E-state index in [4.69, 9.17) is 5.73 Å². The zero-order chi connectivity index (χ0) is 17.9. The fourth-order valence-electron chi connectivity index (χ4n) is 5.23. The third kappa shape index (κ3) is 3.74. The minimum atomic E-state index is 0.0724. The van der Waals surface area contributed by atoms with Crippen LogP contribution >= 0.6 is 0 Å². The Labute approximate surface area is 156 Å². The van der Waals surface area contributed by atoms with Crippen molar-refractivity contribution in [3.05, 3.63) is 30.3 Å². The molecule has 5 heteroatoms. The lowest BCUT2D eigenvalue weighted by atomic mass is 9.84. The Bertz CT molecular complexity index is 597. The van der Waals surface area contributed by atoms with Gasteiger partial charge in [-0.25, -0.2) is 0 Å². The summed E-state index contributed by atoms with van der Waals surface area (Å²) in [6.45, 7) is 6.19. The smallest absolute Gasteiger partial charge is 0.224 e. The number of nitrogens with two attached hydrogens (primary N) is 1. The fraction of sp³-hybridized carbons (Fsp3) is 0.667. The molecule has 4 rings (SSSR count). The van der Waals surface area contributed by atoms with Crippen molar-refractivity contribution in [3.8, 4) is 0 Å². The largest absolute Gasteiger partial charge is 0.369 e. The van der Waals surface area contributed by atoms with Crippen LogP contribution in [0, 0.1) is 17.8 Å². The standard InChI is InChI=1S/C21H32N4O/c22-20-17-8-7-16(15-17)19(20)21(26)23-9-4-10-24-11-13-25(14-12-24)18-5-2-1-3-6-18/h1-3,5-6,16-17,19-20H,4,7-15,22H2,(H,23,26). The molecule has 1 aromatic carbocycles. The summed E-state index contributed by atoms with van der Waals surface area (Å²) < 4.78 is 0. The van der Waals surface area contributed by atoms with E-state index >= 15 is 0 Å². The third-order valence-electron chi connectivity index (χ3n) is 6.73. The van der Waals surface area contributed by atoms with E-state index in [1.807, 2.05) is 0 Å². The number of rotatable bonds is 6. The summed E-state index contributed by atoms with van der Waals surface area (Å²) in [7, 11) is 0. The van der Waals surface area contributed by atoms with Gasteiger partial charge in [0.2, 0.25) is 5.91 Å². The van der Waals surface area contributed by atoms with Gasteiger partial charge in [0.15, 0.2) is 0 Å². The Morgan fingerprint density at radius 1 is 1.08 bits per heavy atom. The average molecular weight is 357 g/mol. The lowest BCUT2D eigenvalue weighted by Gasteiger charge is -2.36. The van der Waals surface area contributed by atoms with Gasteiger partial charge in [-0.15, -0.1) is 0 Å². The SMILES string of the molecule is NC1C2CCC(C2)C1C(=O)NCCCN1CCN(c2ccccc2)CC1. The molecule has 1 amide bonds. The van der Waals surface area contributed by atoms with Gasteiger partial charge in [0.25, 0.3) is 0 Å². The molecular weight excluding hydrogens is 324 g/mol. The van der Waals surface area contributed by atoms with E-state index in [0.717, 1.165) is 45.7 Å². The highest BCUT2D eigenvalue weighted by molar-refractivity contribution is 5.80. The summed E-state index contributed by atoms with van der Waals surface area (Å²) in [6.07, 6.45) is 4.62. The number of amides is 1. The average Bonchev–Trinajstić information content (AvgIpc) is 3.27. The number of fused-ring (bicyclic) bond motifs is 2. The van der Waals surface area contributed by atoms with E-state index in [1.54, 1.807) is 0 Å². The maximum Gasteiger partial charge on any atom is 0.224 e. The molecule has 4 unspecified atom stereocenters. The second kappa shape index (κ2) is 7.97. The van der Waals surface area contributed by atoms with Gasteiger partial charge in [0, 0.05) is 44.5 Å². The van der Waals surface area contributed by atoms with Crippen LogP contribution in [-0.2, 0) is 4.79 Å². The highest BCUT2D eigenvalue weighted by Gasteiger charge is 2.48. The van der Waals surface area contributed by atoms with Gasteiger partial charge < -0.3 is 16.0 Å². The number of carbonyl (C=O) groups is 1. The third-order valence-corrected chi connectivity index (χ3v) is 6.73. The van der Waals surface area contributed by atoms with E-state index < -0.39 is 0 Å². The second-order valence-electron chi connectivity index (χ2n) is 8.25. The minimum absolute atomic E-state index is 0.0724. The first-order valence-electron chi connectivity index (χ1n) is 10.3. The molecule has 2 saturated carbocycles. The molecule has 1 aromatic rings. The molecule has 1 saturated heterocycles. The molecule has 0 aromatic heterocycles. The lowest BCUT2D eigenvalue weighted by Crippen LogP contribution is -2.48. The van der Waals surface area contributed by atoms with Crippen LogP contribution in [0.5, 0.6) is 0 Å². The Balaban J connectivity index is 1.13. The topological polar surface area (TPSA) is 61.6 Å². The molecule has 3 fully saturated rings. The van der Waals surface area contributed by atoms with Crippen molar-refractivity contribution < 1.29 is 4.79 Å². The molecule has 0 spiro atoms. The second-order valence-corrected chi connectivity index (χ2v) is 8.25. The molecule has 2 bridgehead atoms. The number of hydrogen-bond donors (Lipinski definition) is 2. The highest BCUT2D eigenvalue weighted by atomic mass is 16.1. The van der Waals surface area contributed by atoms with Gasteiger partial charge in [-0.05, 0) is 56.2 Å². The highest BCUT2D eigenvalue weighted by Crippen LogP contribution is 2.47. The number of nitrogens with zero attached hydrogens (tertiary/aromatic N) is 2. The van der Waals surface area contributed by atoms with E-state index in [2.05, 4.69) is 45.4 Å². The number of nitrogens with one attached hydrogen (secondary N) is 1. The van der Waals surface area contributed by atoms with Crippen molar-refractivity contribution in [3.63, 3.8) is 0 Å². The van der Waals surface area contributed by atoms with Crippen molar-refractivity contribution in [1.29, 1.82) is 0 Å². The van der Waals surface area contributed by atoms with Gasteiger partial charge in [-0.2, -0.15) is 0 Å². The van der Waals surface area contributed by atoms with E-state index in [-0.39, 0.29) is 17.9 Å². The quantitative estimate of drug-likeness (QED) is 0.762. The predicted molar refractivity (Wildman–Crippen MR) is 105 cm³/mol. The number of anilines is 1. The van der Waals surface area contributed by atoms with Gasteiger partial charge in [0.1, 0.15) is 0 Å². The van der Waals surface area contributed by atoms with Gasteiger partial charge in [-0.3, -0.25) is 9.69 Å². The van der Waals surface area contributed by atoms with Crippen LogP contribution in [0.1, 0.15) is 25.7 Å². The number of para-hydroxylation sites is 1. The van der Waals surface area contributed by atoms with Crippen LogP contribution in [0.4, 0.5) is 5.69 Å². The molecule has 1 aliphatic heterocycles. The van der Waals surface area contributed by atoms with Crippen molar-refractivity contribution in [2.24, 2.45) is 23.5 Å². The molecule has 3 N–H and O–H groups in total. The molecule has 26 heavy (non-hydrogen) atoms. The summed E-state index contributed by atoms with van der Waals surface area (Å²) in [6, 6.07) is 10.7. The Morgan fingerprint density at radius 3 is 2.50 bits per heavy atom. The van der Waals surface area contributed by atoms with Crippen LogP contribution in [-0.4, -0.2) is 56.1 Å². The zero-order valence-corrected chi connectivity index (χ0v) is 15.6. The number of benzene rings is 1. The van der Waals surface area contributed by atoms with Crippen LogP contribution in [0.3, 0.4) is 0 Å².